The minimum absolute atomic E-state index is 0.154. The van der Waals surface area contributed by atoms with E-state index in [0.717, 1.165) is 25.7 Å². The quantitative estimate of drug-likeness (QED) is 0.802. The molecule has 1 heterocycles. The number of carbonyl (C=O) groups excluding carboxylic acids is 2. The van der Waals surface area contributed by atoms with Crippen molar-refractivity contribution in [1.82, 2.24) is 9.78 Å². The number of Topliss-reactive ketones (excluding diaryl/α,β-unsaturated/α-hetero) is 1. The summed E-state index contributed by atoms with van der Waals surface area (Å²) in [5.41, 5.74) is 0.308. The summed E-state index contributed by atoms with van der Waals surface area (Å²) in [5.74, 6) is -0.0338. The number of esters is 1. The molecule has 5 nitrogen and oxygen atoms in total. The van der Waals surface area contributed by atoms with Gasteiger partial charge in [-0.15, -0.1) is 0 Å². The van der Waals surface area contributed by atoms with E-state index in [0.29, 0.717) is 17.3 Å². The lowest BCUT2D eigenvalue weighted by atomic mass is 9.84. The Balaban J connectivity index is 2.08. The summed E-state index contributed by atoms with van der Waals surface area (Å²) in [6, 6.07) is 0.154. The second-order valence-corrected chi connectivity index (χ2v) is 5.49. The van der Waals surface area contributed by atoms with Gasteiger partial charge in [-0.05, 0) is 39.5 Å². The van der Waals surface area contributed by atoms with Crippen LogP contribution in [-0.2, 0) is 9.53 Å². The normalized spacial score (nSPS) is 22.6. The molecule has 1 fully saturated rings. The molecule has 0 aliphatic heterocycles. The molecule has 0 N–H and O–H groups in total. The van der Waals surface area contributed by atoms with Gasteiger partial charge in [0.2, 0.25) is 0 Å². The van der Waals surface area contributed by atoms with Gasteiger partial charge >= 0.3 is 5.97 Å². The molecular formula is C14H19ClN2O3. The molecule has 20 heavy (non-hydrogen) atoms. The molecule has 1 aromatic rings. The second-order valence-electron chi connectivity index (χ2n) is 5.13. The first-order chi connectivity index (χ1) is 9.54. The molecule has 0 atom stereocenters. The molecule has 1 aromatic heterocycles. The van der Waals surface area contributed by atoms with Crippen molar-refractivity contribution < 1.29 is 14.3 Å². The highest BCUT2D eigenvalue weighted by atomic mass is 35.5. The fourth-order valence-electron chi connectivity index (χ4n) is 2.67. The van der Waals surface area contributed by atoms with Crippen molar-refractivity contribution in [2.45, 2.75) is 45.6 Å². The summed E-state index contributed by atoms with van der Waals surface area (Å²) in [6.07, 6.45) is 4.87. The zero-order valence-corrected chi connectivity index (χ0v) is 12.5. The summed E-state index contributed by atoms with van der Waals surface area (Å²) in [4.78, 5) is 23.1. The Morgan fingerprint density at radius 2 is 2.05 bits per heavy atom. The highest BCUT2D eigenvalue weighted by molar-refractivity contribution is 6.32. The third-order valence-corrected chi connectivity index (χ3v) is 4.22. The summed E-state index contributed by atoms with van der Waals surface area (Å²) in [6.45, 7) is 3.70. The monoisotopic (exact) mass is 298 g/mol. The number of rotatable bonds is 4. The highest BCUT2D eigenvalue weighted by Crippen LogP contribution is 2.34. The molecule has 1 saturated carbocycles. The van der Waals surface area contributed by atoms with E-state index in [2.05, 4.69) is 5.10 Å². The molecule has 2 rings (SSSR count). The number of nitrogens with zero attached hydrogens (tertiary/aromatic N) is 2. The summed E-state index contributed by atoms with van der Waals surface area (Å²) >= 11 is 6.22. The van der Waals surface area contributed by atoms with Crippen LogP contribution in [0.1, 0.15) is 55.9 Å². The van der Waals surface area contributed by atoms with E-state index in [-0.39, 0.29) is 17.7 Å². The molecule has 0 saturated heterocycles. The van der Waals surface area contributed by atoms with Crippen molar-refractivity contribution in [2.24, 2.45) is 5.92 Å². The number of carbonyl (C=O) groups is 2. The zero-order chi connectivity index (χ0) is 14.7. The Bertz CT molecular complexity index is 505. The van der Waals surface area contributed by atoms with Gasteiger partial charge in [0.05, 0.1) is 18.8 Å². The predicted octanol–water partition coefficient (Wildman–Crippen LogP) is 3.03. The maximum absolute atomic E-state index is 11.7. The van der Waals surface area contributed by atoms with Crippen LogP contribution in [0.5, 0.6) is 0 Å². The molecule has 0 unspecified atom stereocenters. The number of hydrogen-bond donors (Lipinski definition) is 0. The smallest absolute Gasteiger partial charge is 0.342 e. The third-order valence-electron chi connectivity index (χ3n) is 3.85. The van der Waals surface area contributed by atoms with Gasteiger partial charge in [-0.3, -0.25) is 9.48 Å². The molecule has 110 valence electrons. The van der Waals surface area contributed by atoms with Crippen molar-refractivity contribution in [3.05, 3.63) is 16.9 Å². The van der Waals surface area contributed by atoms with Gasteiger partial charge in [-0.2, -0.15) is 5.10 Å². The summed E-state index contributed by atoms with van der Waals surface area (Å²) in [7, 11) is 0. The van der Waals surface area contributed by atoms with Crippen LogP contribution in [0.3, 0.4) is 0 Å². The molecule has 0 amide bonds. The Hall–Kier alpha value is -1.36. The SMILES string of the molecule is CCOC(=O)c1cnn([C@H]2CC[C@H](C(C)=O)CC2)c1Cl. The zero-order valence-electron chi connectivity index (χ0n) is 11.8. The minimum Gasteiger partial charge on any atom is -0.462 e. The van der Waals surface area contributed by atoms with Crippen molar-refractivity contribution >= 4 is 23.4 Å². The van der Waals surface area contributed by atoms with Crippen molar-refractivity contribution in [3.8, 4) is 0 Å². The Morgan fingerprint density at radius 1 is 1.40 bits per heavy atom. The fourth-order valence-corrected chi connectivity index (χ4v) is 2.98. The minimum atomic E-state index is -0.443. The van der Waals surface area contributed by atoms with Gasteiger partial charge in [0, 0.05) is 5.92 Å². The van der Waals surface area contributed by atoms with Gasteiger partial charge in [-0.1, -0.05) is 11.6 Å². The van der Waals surface area contributed by atoms with Crippen LogP contribution in [0.15, 0.2) is 6.20 Å². The molecule has 0 radical (unpaired) electrons. The molecule has 1 aliphatic rings. The van der Waals surface area contributed by atoms with Crippen LogP contribution in [0.2, 0.25) is 5.15 Å². The topological polar surface area (TPSA) is 61.2 Å². The van der Waals surface area contributed by atoms with Crippen molar-refractivity contribution in [2.75, 3.05) is 6.61 Å². The number of halogens is 1. The number of ketones is 1. The first-order valence-corrected chi connectivity index (χ1v) is 7.33. The van der Waals surface area contributed by atoms with Gasteiger partial charge in [-0.25, -0.2) is 4.79 Å². The van der Waals surface area contributed by atoms with Crippen LogP contribution in [0.25, 0.3) is 0 Å². The van der Waals surface area contributed by atoms with Crippen LogP contribution >= 0.6 is 11.6 Å². The lowest BCUT2D eigenvalue weighted by molar-refractivity contribution is -0.121. The maximum atomic E-state index is 11.7. The highest BCUT2D eigenvalue weighted by Gasteiger charge is 2.28. The van der Waals surface area contributed by atoms with Crippen LogP contribution in [0.4, 0.5) is 0 Å². The van der Waals surface area contributed by atoms with E-state index in [1.54, 1.807) is 18.5 Å². The molecule has 0 bridgehead atoms. The van der Waals surface area contributed by atoms with E-state index in [9.17, 15) is 9.59 Å². The van der Waals surface area contributed by atoms with Crippen molar-refractivity contribution in [1.29, 1.82) is 0 Å². The molecule has 0 aromatic carbocycles. The summed E-state index contributed by atoms with van der Waals surface area (Å²) < 4.78 is 6.62. The van der Waals surface area contributed by atoms with Crippen LogP contribution in [-0.4, -0.2) is 28.1 Å². The molecule has 6 heteroatoms. The van der Waals surface area contributed by atoms with E-state index < -0.39 is 5.97 Å². The summed E-state index contributed by atoms with van der Waals surface area (Å²) in [5, 5.41) is 4.54. The number of aromatic nitrogens is 2. The molecule has 0 spiro atoms. The predicted molar refractivity (Wildman–Crippen MR) is 74.9 cm³/mol. The van der Waals surface area contributed by atoms with E-state index in [1.807, 2.05) is 0 Å². The first-order valence-electron chi connectivity index (χ1n) is 6.95. The Labute approximate surface area is 123 Å². The lowest BCUT2D eigenvalue weighted by Crippen LogP contribution is -2.23. The lowest BCUT2D eigenvalue weighted by Gasteiger charge is -2.27. The number of ether oxygens (including phenoxy) is 1. The Morgan fingerprint density at radius 3 is 2.60 bits per heavy atom. The first kappa shape index (κ1) is 15.0. The van der Waals surface area contributed by atoms with Crippen molar-refractivity contribution in [3.63, 3.8) is 0 Å². The van der Waals surface area contributed by atoms with Gasteiger partial charge in [0.15, 0.2) is 0 Å². The van der Waals surface area contributed by atoms with E-state index >= 15 is 0 Å². The van der Waals surface area contributed by atoms with Gasteiger partial charge in [0.25, 0.3) is 0 Å². The fraction of sp³-hybridized carbons (Fsp3) is 0.643. The number of hydrogen-bond acceptors (Lipinski definition) is 4. The van der Waals surface area contributed by atoms with E-state index in [4.69, 9.17) is 16.3 Å². The average molecular weight is 299 g/mol. The largest absolute Gasteiger partial charge is 0.462 e. The maximum Gasteiger partial charge on any atom is 0.342 e. The Kier molecular flexibility index (Phi) is 4.81. The third kappa shape index (κ3) is 3.03. The standard InChI is InChI=1S/C14H19ClN2O3/c1-3-20-14(19)12-8-16-17(13(12)15)11-6-4-10(5-7-11)9(2)18/h8,10-11H,3-7H2,1-2H3/t10-,11-. The second kappa shape index (κ2) is 6.39. The van der Waals surface area contributed by atoms with E-state index in [1.165, 1.54) is 6.20 Å². The van der Waals surface area contributed by atoms with Crippen LogP contribution < -0.4 is 0 Å². The molecule has 1 aliphatic carbocycles. The van der Waals surface area contributed by atoms with Gasteiger partial charge < -0.3 is 4.74 Å². The van der Waals surface area contributed by atoms with Crippen LogP contribution in [0, 0.1) is 5.92 Å². The van der Waals surface area contributed by atoms with Gasteiger partial charge in [0.1, 0.15) is 16.5 Å². The average Bonchev–Trinajstić information content (AvgIpc) is 2.81. The molecular weight excluding hydrogens is 280 g/mol.